The molecule has 0 radical (unpaired) electrons. The topological polar surface area (TPSA) is 34.4 Å². The summed E-state index contributed by atoms with van der Waals surface area (Å²) in [4.78, 5) is 0.504. The molecule has 0 unspecified atom stereocenters. The van der Waals surface area contributed by atoms with Crippen molar-refractivity contribution < 1.29 is 9.15 Å². The van der Waals surface area contributed by atoms with Crippen molar-refractivity contribution in [3.63, 3.8) is 0 Å². The second-order valence-electron chi connectivity index (χ2n) is 5.39. The molecule has 0 fully saturated rings. The Hall–Kier alpha value is -1.72. The molecule has 0 spiro atoms. The van der Waals surface area contributed by atoms with Gasteiger partial charge in [-0.3, -0.25) is 0 Å². The molecule has 7 heteroatoms. The van der Waals surface area contributed by atoms with Gasteiger partial charge in [0.1, 0.15) is 23.1 Å². The normalized spacial score (nSPS) is 10.6. The number of benzene rings is 2. The standard InChI is InChI=1S/C19H14Cl3NO2S/c20-12-6-7-18(25-11-15-16(21)4-1-5-17(15)22)14(9-12)19(26)23-10-13-3-2-8-24-13/h1-9H,10-11H2,(H,23,26). The lowest BCUT2D eigenvalue weighted by Crippen LogP contribution is -2.22. The molecule has 26 heavy (non-hydrogen) atoms. The summed E-state index contributed by atoms with van der Waals surface area (Å²) in [5, 5.41) is 4.79. The Labute approximate surface area is 171 Å². The van der Waals surface area contributed by atoms with Crippen molar-refractivity contribution in [2.24, 2.45) is 0 Å². The van der Waals surface area contributed by atoms with Crippen molar-refractivity contribution >= 4 is 52.0 Å². The van der Waals surface area contributed by atoms with Crippen LogP contribution in [0.25, 0.3) is 0 Å². The zero-order valence-electron chi connectivity index (χ0n) is 13.5. The van der Waals surface area contributed by atoms with Gasteiger partial charge in [-0.15, -0.1) is 0 Å². The molecule has 0 atom stereocenters. The van der Waals surface area contributed by atoms with Crippen LogP contribution in [0.1, 0.15) is 16.9 Å². The van der Waals surface area contributed by atoms with E-state index in [1.54, 1.807) is 42.7 Å². The third-order valence-corrected chi connectivity index (χ3v) is 4.93. The number of thiocarbonyl (C=S) groups is 1. The second kappa shape index (κ2) is 8.78. The lowest BCUT2D eigenvalue weighted by Gasteiger charge is -2.15. The van der Waals surface area contributed by atoms with E-state index < -0.39 is 0 Å². The first-order chi connectivity index (χ1) is 12.5. The van der Waals surface area contributed by atoms with Crippen LogP contribution in [-0.4, -0.2) is 4.99 Å². The molecule has 1 heterocycles. The predicted molar refractivity (Wildman–Crippen MR) is 109 cm³/mol. The molecule has 0 aliphatic rings. The number of rotatable bonds is 6. The molecule has 1 N–H and O–H groups in total. The van der Waals surface area contributed by atoms with Gasteiger partial charge in [-0.05, 0) is 42.5 Å². The zero-order valence-corrected chi connectivity index (χ0v) is 16.6. The molecule has 0 bridgehead atoms. The number of ether oxygens (including phenoxy) is 1. The number of hydrogen-bond donors (Lipinski definition) is 1. The summed E-state index contributed by atoms with van der Waals surface area (Å²) in [5.41, 5.74) is 1.40. The Morgan fingerprint density at radius 3 is 2.50 bits per heavy atom. The number of halogens is 3. The van der Waals surface area contributed by atoms with Gasteiger partial charge in [-0.1, -0.05) is 53.1 Å². The van der Waals surface area contributed by atoms with E-state index >= 15 is 0 Å². The predicted octanol–water partition coefficient (Wildman–Crippen LogP) is 6.28. The first-order valence-corrected chi connectivity index (χ1v) is 9.24. The summed E-state index contributed by atoms with van der Waals surface area (Å²) in [6.45, 7) is 0.683. The van der Waals surface area contributed by atoms with Crippen LogP contribution in [0.4, 0.5) is 0 Å². The van der Waals surface area contributed by atoms with Crippen molar-refractivity contribution in [1.82, 2.24) is 5.32 Å². The molecular weight excluding hydrogens is 413 g/mol. The molecule has 3 rings (SSSR count). The molecule has 134 valence electrons. The monoisotopic (exact) mass is 425 g/mol. The van der Waals surface area contributed by atoms with E-state index in [1.165, 1.54) is 0 Å². The van der Waals surface area contributed by atoms with Crippen molar-refractivity contribution in [1.29, 1.82) is 0 Å². The van der Waals surface area contributed by atoms with Gasteiger partial charge in [0.05, 0.1) is 18.4 Å². The number of nitrogens with one attached hydrogen (secondary N) is 1. The highest BCUT2D eigenvalue weighted by atomic mass is 35.5. The zero-order chi connectivity index (χ0) is 18.5. The van der Waals surface area contributed by atoms with Crippen molar-refractivity contribution in [2.75, 3.05) is 0 Å². The smallest absolute Gasteiger partial charge is 0.130 e. The van der Waals surface area contributed by atoms with Gasteiger partial charge in [0.25, 0.3) is 0 Å². The van der Waals surface area contributed by atoms with Gasteiger partial charge in [0.15, 0.2) is 0 Å². The fourth-order valence-electron chi connectivity index (χ4n) is 2.30. The van der Waals surface area contributed by atoms with Crippen LogP contribution in [0.3, 0.4) is 0 Å². The maximum absolute atomic E-state index is 6.20. The van der Waals surface area contributed by atoms with Gasteiger partial charge in [-0.2, -0.15) is 0 Å². The maximum Gasteiger partial charge on any atom is 0.130 e. The largest absolute Gasteiger partial charge is 0.488 e. The van der Waals surface area contributed by atoms with Crippen LogP contribution < -0.4 is 10.1 Å². The van der Waals surface area contributed by atoms with Crippen molar-refractivity contribution in [3.05, 3.63) is 86.7 Å². The average Bonchev–Trinajstić information content (AvgIpc) is 3.14. The third kappa shape index (κ3) is 4.71. The van der Waals surface area contributed by atoms with Crippen LogP contribution in [-0.2, 0) is 13.2 Å². The van der Waals surface area contributed by atoms with E-state index in [1.807, 2.05) is 12.1 Å². The molecule has 2 aromatic carbocycles. The summed E-state index contributed by atoms with van der Waals surface area (Å²) in [6.07, 6.45) is 1.61. The summed E-state index contributed by atoms with van der Waals surface area (Å²) < 4.78 is 11.2. The second-order valence-corrected chi connectivity index (χ2v) is 7.05. The minimum Gasteiger partial charge on any atom is -0.488 e. The van der Waals surface area contributed by atoms with Gasteiger partial charge < -0.3 is 14.5 Å². The maximum atomic E-state index is 6.20. The summed E-state index contributed by atoms with van der Waals surface area (Å²) in [7, 11) is 0. The molecule has 0 saturated heterocycles. The van der Waals surface area contributed by atoms with Gasteiger partial charge in [0, 0.05) is 20.6 Å². The fourth-order valence-corrected chi connectivity index (χ4v) is 3.21. The summed E-state index contributed by atoms with van der Waals surface area (Å²) in [5.74, 6) is 1.36. The van der Waals surface area contributed by atoms with Crippen LogP contribution in [0.5, 0.6) is 5.75 Å². The van der Waals surface area contributed by atoms with Crippen LogP contribution >= 0.6 is 47.0 Å². The van der Waals surface area contributed by atoms with Crippen molar-refractivity contribution in [3.8, 4) is 5.75 Å². The van der Waals surface area contributed by atoms with E-state index in [-0.39, 0.29) is 6.61 Å². The number of hydrogen-bond acceptors (Lipinski definition) is 3. The summed E-state index contributed by atoms with van der Waals surface area (Å²) in [6, 6.07) is 14.3. The molecule has 1 aromatic heterocycles. The van der Waals surface area contributed by atoms with E-state index in [4.69, 9.17) is 56.2 Å². The van der Waals surface area contributed by atoms with Crippen molar-refractivity contribution in [2.45, 2.75) is 13.2 Å². The number of furan rings is 1. The van der Waals surface area contributed by atoms with E-state index in [0.29, 0.717) is 43.5 Å². The van der Waals surface area contributed by atoms with Crippen LogP contribution in [0, 0.1) is 0 Å². The Balaban J connectivity index is 1.76. The van der Waals surface area contributed by atoms with Gasteiger partial charge >= 0.3 is 0 Å². The molecule has 0 amide bonds. The quantitative estimate of drug-likeness (QED) is 0.470. The van der Waals surface area contributed by atoms with Crippen LogP contribution in [0.15, 0.2) is 59.2 Å². The lowest BCUT2D eigenvalue weighted by atomic mass is 10.2. The molecular formula is C19H14Cl3NO2S. The highest BCUT2D eigenvalue weighted by molar-refractivity contribution is 7.80. The SMILES string of the molecule is S=C(NCc1ccco1)c1cc(Cl)ccc1OCc1c(Cl)cccc1Cl. The molecule has 3 nitrogen and oxygen atoms in total. The fraction of sp³-hybridized carbons (Fsp3) is 0.105. The highest BCUT2D eigenvalue weighted by Gasteiger charge is 2.13. The van der Waals surface area contributed by atoms with Gasteiger partial charge in [0.2, 0.25) is 0 Å². The molecule has 0 saturated carbocycles. The van der Waals surface area contributed by atoms with E-state index in [0.717, 1.165) is 5.76 Å². The average molecular weight is 427 g/mol. The van der Waals surface area contributed by atoms with E-state index in [2.05, 4.69) is 5.32 Å². The minimum atomic E-state index is 0.216. The highest BCUT2D eigenvalue weighted by Crippen LogP contribution is 2.28. The molecule has 0 aliphatic carbocycles. The third-order valence-electron chi connectivity index (χ3n) is 3.62. The Morgan fingerprint density at radius 2 is 1.81 bits per heavy atom. The Bertz CT molecular complexity index is 893. The van der Waals surface area contributed by atoms with E-state index in [9.17, 15) is 0 Å². The molecule has 0 aliphatic heterocycles. The van der Waals surface area contributed by atoms with Crippen LogP contribution in [0.2, 0.25) is 15.1 Å². The lowest BCUT2D eigenvalue weighted by molar-refractivity contribution is 0.306. The Morgan fingerprint density at radius 1 is 1.04 bits per heavy atom. The first-order valence-electron chi connectivity index (χ1n) is 7.70. The summed E-state index contributed by atoms with van der Waals surface area (Å²) >= 11 is 24.0. The minimum absolute atomic E-state index is 0.216. The first kappa shape index (κ1) is 19.1. The Kier molecular flexibility index (Phi) is 6.43. The van der Waals surface area contributed by atoms with Gasteiger partial charge in [-0.25, -0.2) is 0 Å². The molecule has 3 aromatic rings.